The van der Waals surface area contributed by atoms with Crippen molar-refractivity contribution >= 4 is 0 Å². The summed E-state index contributed by atoms with van der Waals surface area (Å²) in [5.74, 6) is -0.0584. The number of aromatic nitrogens is 1. The van der Waals surface area contributed by atoms with Crippen LogP contribution in [0.3, 0.4) is 0 Å². The van der Waals surface area contributed by atoms with Crippen LogP contribution in [0.25, 0.3) is 0 Å². The molecule has 0 atom stereocenters. The molecule has 0 aliphatic carbocycles. The summed E-state index contributed by atoms with van der Waals surface area (Å²) in [6, 6.07) is 5.80. The van der Waals surface area contributed by atoms with Gasteiger partial charge in [-0.2, -0.15) is 13.2 Å². The molecule has 0 saturated carbocycles. The van der Waals surface area contributed by atoms with Crippen molar-refractivity contribution in [3.63, 3.8) is 0 Å². The largest absolute Gasteiger partial charge is 0.507 e. The molecule has 0 spiro atoms. The highest BCUT2D eigenvalue weighted by Gasteiger charge is 2.30. The first-order chi connectivity index (χ1) is 10.9. The van der Waals surface area contributed by atoms with Crippen LogP contribution in [0.4, 0.5) is 13.2 Å². The van der Waals surface area contributed by atoms with Gasteiger partial charge < -0.3 is 14.4 Å². The Morgan fingerprint density at radius 3 is 2.57 bits per heavy atom. The van der Waals surface area contributed by atoms with E-state index in [9.17, 15) is 23.1 Å². The van der Waals surface area contributed by atoms with Crippen LogP contribution in [0.1, 0.15) is 22.4 Å². The average Bonchev–Trinajstić information content (AvgIpc) is 2.51. The van der Waals surface area contributed by atoms with Crippen molar-refractivity contribution in [3.05, 3.63) is 63.1 Å². The van der Waals surface area contributed by atoms with Crippen molar-refractivity contribution in [2.75, 3.05) is 6.61 Å². The summed E-state index contributed by atoms with van der Waals surface area (Å²) in [6.45, 7) is 0.779. The maximum atomic E-state index is 12.6. The van der Waals surface area contributed by atoms with E-state index in [0.717, 1.165) is 18.2 Å². The molecular weight excluding hydrogens is 311 g/mol. The van der Waals surface area contributed by atoms with Gasteiger partial charge in [-0.3, -0.25) is 4.79 Å². The predicted molar refractivity (Wildman–Crippen MR) is 76.3 cm³/mol. The van der Waals surface area contributed by atoms with Crippen LogP contribution in [0.15, 0.2) is 35.1 Å². The number of halogens is 3. The summed E-state index contributed by atoms with van der Waals surface area (Å²) < 4.78 is 44.5. The van der Waals surface area contributed by atoms with E-state index in [1.165, 1.54) is 16.7 Å². The number of fused-ring (bicyclic) bond motifs is 1. The van der Waals surface area contributed by atoms with E-state index in [2.05, 4.69) is 0 Å². The Morgan fingerprint density at radius 1 is 1.22 bits per heavy atom. The topological polar surface area (TPSA) is 51.5 Å². The lowest BCUT2D eigenvalue weighted by Gasteiger charge is -2.22. The van der Waals surface area contributed by atoms with Gasteiger partial charge in [0.25, 0.3) is 5.56 Å². The van der Waals surface area contributed by atoms with Gasteiger partial charge in [0.1, 0.15) is 5.75 Å². The molecule has 0 radical (unpaired) electrons. The third kappa shape index (κ3) is 3.10. The molecule has 4 nitrogen and oxygen atoms in total. The zero-order valence-electron chi connectivity index (χ0n) is 12.1. The molecule has 122 valence electrons. The molecule has 23 heavy (non-hydrogen) atoms. The van der Waals surface area contributed by atoms with Crippen molar-refractivity contribution in [1.82, 2.24) is 4.57 Å². The molecule has 0 amide bonds. The maximum absolute atomic E-state index is 12.6. The molecule has 7 heteroatoms. The van der Waals surface area contributed by atoms with E-state index in [1.54, 1.807) is 0 Å². The van der Waals surface area contributed by atoms with E-state index in [0.29, 0.717) is 29.8 Å². The van der Waals surface area contributed by atoms with Crippen LogP contribution in [0, 0.1) is 0 Å². The van der Waals surface area contributed by atoms with Crippen LogP contribution in [-0.4, -0.2) is 16.3 Å². The SMILES string of the molecule is O=c1cc(O)c2c(n1Cc1ccc(C(F)(F)F)cc1)COCC2. The van der Waals surface area contributed by atoms with E-state index < -0.39 is 17.3 Å². The van der Waals surface area contributed by atoms with Gasteiger partial charge in [0.15, 0.2) is 0 Å². The number of aromatic hydroxyl groups is 1. The number of alkyl halides is 3. The minimum atomic E-state index is -4.39. The second kappa shape index (κ2) is 5.73. The van der Waals surface area contributed by atoms with Crippen molar-refractivity contribution in [2.24, 2.45) is 0 Å². The van der Waals surface area contributed by atoms with Crippen LogP contribution in [0.5, 0.6) is 5.75 Å². The van der Waals surface area contributed by atoms with Gasteiger partial charge in [-0.25, -0.2) is 0 Å². The van der Waals surface area contributed by atoms with Crippen LogP contribution in [-0.2, 0) is 30.5 Å². The molecule has 1 aromatic carbocycles. The molecule has 1 aliphatic heterocycles. The third-order valence-electron chi connectivity index (χ3n) is 3.87. The Hall–Kier alpha value is -2.28. The zero-order chi connectivity index (χ0) is 16.6. The summed E-state index contributed by atoms with van der Waals surface area (Å²) in [7, 11) is 0. The Balaban J connectivity index is 1.96. The molecule has 1 aromatic heterocycles. The molecule has 0 bridgehead atoms. The smallest absolute Gasteiger partial charge is 0.416 e. The van der Waals surface area contributed by atoms with Crippen molar-refractivity contribution in [3.8, 4) is 5.75 Å². The van der Waals surface area contributed by atoms with E-state index >= 15 is 0 Å². The molecule has 3 rings (SSSR count). The maximum Gasteiger partial charge on any atom is 0.416 e. The summed E-state index contributed by atoms with van der Waals surface area (Å²) in [6.07, 6.45) is -3.89. The fraction of sp³-hybridized carbons (Fsp3) is 0.312. The monoisotopic (exact) mass is 325 g/mol. The van der Waals surface area contributed by atoms with Gasteiger partial charge in [-0.15, -0.1) is 0 Å². The highest BCUT2D eigenvalue weighted by molar-refractivity contribution is 5.37. The molecule has 2 heterocycles. The number of hydrogen-bond donors (Lipinski definition) is 1. The van der Waals surface area contributed by atoms with Crippen LogP contribution in [0.2, 0.25) is 0 Å². The molecule has 0 saturated heterocycles. The van der Waals surface area contributed by atoms with Gasteiger partial charge in [0.2, 0.25) is 0 Å². The van der Waals surface area contributed by atoms with Gasteiger partial charge in [-0.1, -0.05) is 12.1 Å². The summed E-state index contributed by atoms with van der Waals surface area (Å²) >= 11 is 0. The van der Waals surface area contributed by atoms with E-state index in [4.69, 9.17) is 4.74 Å². The third-order valence-corrected chi connectivity index (χ3v) is 3.87. The van der Waals surface area contributed by atoms with Gasteiger partial charge >= 0.3 is 6.18 Å². The highest BCUT2D eigenvalue weighted by atomic mass is 19.4. The number of ether oxygens (including phenoxy) is 1. The fourth-order valence-corrected chi connectivity index (χ4v) is 2.66. The van der Waals surface area contributed by atoms with Gasteiger partial charge in [-0.05, 0) is 17.7 Å². The number of pyridine rings is 1. The second-order valence-electron chi connectivity index (χ2n) is 5.38. The molecular formula is C16H14F3NO3. The second-order valence-corrected chi connectivity index (χ2v) is 5.38. The fourth-order valence-electron chi connectivity index (χ4n) is 2.66. The standard InChI is InChI=1S/C16H14F3NO3/c17-16(18,19)11-3-1-10(2-4-11)8-20-13-9-23-6-5-12(13)14(21)7-15(20)22/h1-4,7,21H,5-6,8-9H2. The number of rotatable bonds is 2. The Morgan fingerprint density at radius 2 is 1.91 bits per heavy atom. The number of hydrogen-bond acceptors (Lipinski definition) is 3. The molecule has 0 fully saturated rings. The molecule has 1 N–H and O–H groups in total. The first kappa shape index (κ1) is 15.6. The summed E-state index contributed by atoms with van der Waals surface area (Å²) in [5, 5.41) is 9.86. The predicted octanol–water partition coefficient (Wildman–Crippen LogP) is 2.69. The Kier molecular flexibility index (Phi) is 3.89. The molecule has 0 unspecified atom stereocenters. The Labute approximate surface area is 129 Å². The first-order valence-electron chi connectivity index (χ1n) is 7.04. The van der Waals surface area contributed by atoms with Gasteiger partial charge in [0, 0.05) is 18.1 Å². The average molecular weight is 325 g/mol. The quantitative estimate of drug-likeness (QED) is 0.924. The van der Waals surface area contributed by atoms with Gasteiger partial charge in [0.05, 0.1) is 31.0 Å². The molecule has 2 aromatic rings. The lowest BCUT2D eigenvalue weighted by molar-refractivity contribution is -0.137. The van der Waals surface area contributed by atoms with E-state index in [1.807, 2.05) is 0 Å². The summed E-state index contributed by atoms with van der Waals surface area (Å²) in [4.78, 5) is 12.1. The van der Waals surface area contributed by atoms with Crippen molar-refractivity contribution in [2.45, 2.75) is 25.7 Å². The zero-order valence-corrected chi connectivity index (χ0v) is 12.1. The normalized spacial score (nSPS) is 14.6. The first-order valence-corrected chi connectivity index (χ1v) is 7.04. The highest BCUT2D eigenvalue weighted by Crippen LogP contribution is 2.29. The lowest BCUT2D eigenvalue weighted by Crippen LogP contribution is -2.28. The number of benzene rings is 1. The minimum absolute atomic E-state index is 0.0584. The lowest BCUT2D eigenvalue weighted by atomic mass is 10.1. The number of nitrogens with zero attached hydrogens (tertiary/aromatic N) is 1. The van der Waals surface area contributed by atoms with E-state index in [-0.39, 0.29) is 18.9 Å². The minimum Gasteiger partial charge on any atom is -0.507 e. The Bertz CT molecular complexity index is 779. The van der Waals surface area contributed by atoms with Crippen LogP contribution < -0.4 is 5.56 Å². The van der Waals surface area contributed by atoms with Crippen molar-refractivity contribution < 1.29 is 23.0 Å². The van der Waals surface area contributed by atoms with Crippen LogP contribution >= 0.6 is 0 Å². The van der Waals surface area contributed by atoms with Crippen molar-refractivity contribution in [1.29, 1.82) is 0 Å². The summed E-state index contributed by atoms with van der Waals surface area (Å²) in [5.41, 5.74) is 0.652. The molecule has 1 aliphatic rings.